The van der Waals surface area contributed by atoms with Gasteiger partial charge in [-0.1, -0.05) is 23.8 Å². The van der Waals surface area contributed by atoms with E-state index in [-0.39, 0.29) is 10.8 Å². The predicted molar refractivity (Wildman–Crippen MR) is 91.2 cm³/mol. The normalized spacial score (nSPS) is 11.1. The average molecular weight is 332 g/mol. The van der Waals surface area contributed by atoms with Gasteiger partial charge in [0.1, 0.15) is 0 Å². The lowest BCUT2D eigenvalue weighted by Gasteiger charge is -2.20. The number of hydrogen-bond donors (Lipinski definition) is 1. The van der Waals surface area contributed by atoms with Gasteiger partial charge in [0.25, 0.3) is 15.9 Å². The van der Waals surface area contributed by atoms with Gasteiger partial charge in [-0.15, -0.1) is 0 Å². The van der Waals surface area contributed by atoms with Gasteiger partial charge in [0.05, 0.1) is 10.6 Å². The minimum Gasteiger partial charge on any atom is -0.352 e. The summed E-state index contributed by atoms with van der Waals surface area (Å²) >= 11 is 0. The number of benzene rings is 2. The second kappa shape index (κ2) is 6.83. The van der Waals surface area contributed by atoms with Crippen molar-refractivity contribution in [3.63, 3.8) is 0 Å². The number of rotatable bonds is 5. The molecule has 6 heteroatoms. The van der Waals surface area contributed by atoms with E-state index in [4.69, 9.17) is 0 Å². The number of aryl methyl sites for hydroxylation is 1. The molecule has 0 aliphatic carbocycles. The smallest absolute Gasteiger partial charge is 0.264 e. The molecule has 0 spiro atoms. The molecule has 0 aliphatic heterocycles. The van der Waals surface area contributed by atoms with E-state index in [1.54, 1.807) is 48.5 Å². The van der Waals surface area contributed by atoms with Crippen molar-refractivity contribution in [1.29, 1.82) is 0 Å². The second-order valence-corrected chi connectivity index (χ2v) is 7.16. The van der Waals surface area contributed by atoms with Crippen molar-refractivity contribution in [2.75, 3.05) is 17.9 Å². The summed E-state index contributed by atoms with van der Waals surface area (Å²) in [5.41, 5.74) is 1.86. The first-order valence-electron chi connectivity index (χ1n) is 7.30. The molecule has 0 heterocycles. The zero-order valence-electron chi connectivity index (χ0n) is 13.4. The van der Waals surface area contributed by atoms with Gasteiger partial charge in [-0.3, -0.25) is 9.10 Å². The molecule has 2 aromatic carbocycles. The quantitative estimate of drug-likeness (QED) is 0.915. The topological polar surface area (TPSA) is 66.5 Å². The third-order valence-electron chi connectivity index (χ3n) is 3.49. The van der Waals surface area contributed by atoms with Crippen LogP contribution in [0.3, 0.4) is 0 Å². The highest BCUT2D eigenvalue weighted by atomic mass is 32.2. The van der Waals surface area contributed by atoms with Gasteiger partial charge in [0, 0.05) is 19.2 Å². The third-order valence-corrected chi connectivity index (χ3v) is 5.29. The molecular weight excluding hydrogens is 312 g/mol. The molecule has 0 saturated heterocycles. The fraction of sp³-hybridized carbons (Fsp3) is 0.235. The van der Waals surface area contributed by atoms with Gasteiger partial charge in [-0.2, -0.15) is 0 Å². The molecule has 0 aliphatic rings. The Morgan fingerprint density at radius 2 is 1.78 bits per heavy atom. The number of carbonyl (C=O) groups excluding carboxylic acids is 1. The molecular formula is C17H20N2O3S. The van der Waals surface area contributed by atoms with Crippen LogP contribution >= 0.6 is 0 Å². The van der Waals surface area contributed by atoms with Crippen molar-refractivity contribution < 1.29 is 13.2 Å². The maximum Gasteiger partial charge on any atom is 0.264 e. The maximum absolute atomic E-state index is 12.7. The van der Waals surface area contributed by atoms with Crippen LogP contribution in [0.1, 0.15) is 22.8 Å². The number of nitrogens with zero attached hydrogens (tertiary/aromatic N) is 1. The highest BCUT2D eigenvalue weighted by Gasteiger charge is 2.21. The largest absolute Gasteiger partial charge is 0.352 e. The van der Waals surface area contributed by atoms with Crippen LogP contribution in [0.5, 0.6) is 0 Å². The minimum atomic E-state index is -3.66. The molecule has 5 nitrogen and oxygen atoms in total. The average Bonchev–Trinajstić information content (AvgIpc) is 2.55. The Labute approximate surface area is 137 Å². The van der Waals surface area contributed by atoms with Gasteiger partial charge in [0.15, 0.2) is 0 Å². The van der Waals surface area contributed by atoms with E-state index in [0.29, 0.717) is 17.8 Å². The molecule has 2 rings (SSSR count). The molecule has 0 fully saturated rings. The highest BCUT2D eigenvalue weighted by Crippen LogP contribution is 2.23. The number of anilines is 1. The molecule has 0 radical (unpaired) electrons. The van der Waals surface area contributed by atoms with Gasteiger partial charge >= 0.3 is 0 Å². The lowest BCUT2D eigenvalue weighted by molar-refractivity contribution is 0.0956. The SMILES string of the molecule is CCNC(=O)c1cccc(N(C)S(=O)(=O)c2ccc(C)cc2)c1. The highest BCUT2D eigenvalue weighted by molar-refractivity contribution is 7.92. The van der Waals surface area contributed by atoms with Crippen LogP contribution in [-0.4, -0.2) is 27.9 Å². The Morgan fingerprint density at radius 3 is 2.39 bits per heavy atom. The lowest BCUT2D eigenvalue weighted by Crippen LogP contribution is -2.27. The van der Waals surface area contributed by atoms with E-state index in [1.165, 1.54) is 11.4 Å². The summed E-state index contributed by atoms with van der Waals surface area (Å²) < 4.78 is 26.5. The van der Waals surface area contributed by atoms with E-state index >= 15 is 0 Å². The van der Waals surface area contributed by atoms with Crippen LogP contribution < -0.4 is 9.62 Å². The van der Waals surface area contributed by atoms with Gasteiger partial charge in [0.2, 0.25) is 0 Å². The first kappa shape index (κ1) is 17.0. The molecule has 0 aromatic heterocycles. The molecule has 0 saturated carbocycles. The van der Waals surface area contributed by atoms with Gasteiger partial charge < -0.3 is 5.32 Å². The number of carbonyl (C=O) groups is 1. The van der Waals surface area contributed by atoms with E-state index in [1.807, 2.05) is 13.8 Å². The van der Waals surface area contributed by atoms with Crippen LogP contribution in [0.25, 0.3) is 0 Å². The predicted octanol–water partition coefficient (Wildman–Crippen LogP) is 2.57. The van der Waals surface area contributed by atoms with Crippen molar-refractivity contribution in [1.82, 2.24) is 5.32 Å². The number of nitrogens with one attached hydrogen (secondary N) is 1. The Kier molecular flexibility index (Phi) is 5.05. The van der Waals surface area contributed by atoms with Crippen LogP contribution in [0.2, 0.25) is 0 Å². The third kappa shape index (κ3) is 3.71. The Hall–Kier alpha value is -2.34. The summed E-state index contributed by atoms with van der Waals surface area (Å²) in [5.74, 6) is -0.226. The van der Waals surface area contributed by atoms with Crippen molar-refractivity contribution in [3.05, 3.63) is 59.7 Å². The fourth-order valence-corrected chi connectivity index (χ4v) is 3.30. The van der Waals surface area contributed by atoms with E-state index in [9.17, 15) is 13.2 Å². The molecule has 23 heavy (non-hydrogen) atoms. The first-order valence-corrected chi connectivity index (χ1v) is 8.74. The van der Waals surface area contributed by atoms with Crippen molar-refractivity contribution in [2.45, 2.75) is 18.7 Å². The molecule has 0 unspecified atom stereocenters. The van der Waals surface area contributed by atoms with Crippen LogP contribution in [0.4, 0.5) is 5.69 Å². The number of amides is 1. The van der Waals surface area contributed by atoms with Crippen molar-refractivity contribution in [2.24, 2.45) is 0 Å². The monoisotopic (exact) mass is 332 g/mol. The Bertz CT molecular complexity index is 799. The van der Waals surface area contributed by atoms with Gasteiger partial charge in [-0.05, 0) is 44.2 Å². The number of hydrogen-bond acceptors (Lipinski definition) is 3. The molecule has 1 N–H and O–H groups in total. The summed E-state index contributed by atoms with van der Waals surface area (Å²) in [5, 5.41) is 2.70. The van der Waals surface area contributed by atoms with Gasteiger partial charge in [-0.25, -0.2) is 8.42 Å². The summed E-state index contributed by atoms with van der Waals surface area (Å²) in [7, 11) is -2.18. The van der Waals surface area contributed by atoms with Crippen molar-refractivity contribution >= 4 is 21.6 Å². The Balaban J connectivity index is 2.36. The summed E-state index contributed by atoms with van der Waals surface area (Å²) in [6, 6.07) is 13.2. The lowest BCUT2D eigenvalue weighted by atomic mass is 10.2. The zero-order chi connectivity index (χ0) is 17.0. The fourth-order valence-electron chi connectivity index (χ4n) is 2.11. The van der Waals surface area contributed by atoms with Crippen LogP contribution in [0, 0.1) is 6.92 Å². The standard InChI is InChI=1S/C17H20N2O3S/c1-4-18-17(20)14-6-5-7-15(12-14)19(3)23(21,22)16-10-8-13(2)9-11-16/h5-12H,4H2,1-3H3,(H,18,20). The molecule has 122 valence electrons. The summed E-state index contributed by atoms with van der Waals surface area (Å²) in [4.78, 5) is 12.1. The van der Waals surface area contributed by atoms with Crippen LogP contribution in [-0.2, 0) is 10.0 Å². The summed E-state index contributed by atoms with van der Waals surface area (Å²) in [6.45, 7) is 4.24. The molecule has 2 aromatic rings. The molecule has 1 amide bonds. The minimum absolute atomic E-state index is 0.217. The van der Waals surface area contributed by atoms with Crippen LogP contribution in [0.15, 0.2) is 53.4 Å². The zero-order valence-corrected chi connectivity index (χ0v) is 14.2. The Morgan fingerprint density at radius 1 is 1.13 bits per heavy atom. The maximum atomic E-state index is 12.7. The number of sulfonamides is 1. The molecule has 0 atom stereocenters. The van der Waals surface area contributed by atoms with E-state index in [2.05, 4.69) is 5.32 Å². The summed E-state index contributed by atoms with van der Waals surface area (Å²) in [6.07, 6.45) is 0. The van der Waals surface area contributed by atoms with Crippen molar-refractivity contribution in [3.8, 4) is 0 Å². The van der Waals surface area contributed by atoms with E-state index < -0.39 is 10.0 Å². The first-order chi connectivity index (χ1) is 10.9. The molecule has 0 bridgehead atoms. The van der Waals surface area contributed by atoms with E-state index in [0.717, 1.165) is 5.56 Å². The second-order valence-electron chi connectivity index (χ2n) is 5.20.